The van der Waals surface area contributed by atoms with Gasteiger partial charge in [0.2, 0.25) is 0 Å². The molecule has 0 saturated carbocycles. The van der Waals surface area contributed by atoms with Crippen molar-refractivity contribution < 1.29 is 107 Å². The minimum absolute atomic E-state index is 0.845. The minimum Gasteiger partial charge on any atom is -0.394 e. The van der Waals surface area contributed by atoms with Crippen LogP contribution in [-0.4, -0.2) is 177 Å². The van der Waals surface area contributed by atoms with Gasteiger partial charge in [-0.25, -0.2) is 9.13 Å². The van der Waals surface area contributed by atoms with Gasteiger partial charge in [0.25, 0.3) is 0 Å². The monoisotopic (exact) mass is 664 g/mol. The summed E-state index contributed by atoms with van der Waals surface area (Å²) in [6.07, 6.45) is -29.7. The van der Waals surface area contributed by atoms with Crippen LogP contribution in [0.3, 0.4) is 0 Å². The number of hydrogen-bond acceptors (Lipinski definition) is 18. The van der Waals surface area contributed by atoms with E-state index in [4.69, 9.17) is 23.7 Å². The quantitative estimate of drug-likeness (QED) is 0.0912. The summed E-state index contributed by atoms with van der Waals surface area (Å²) in [5.74, 6) is 0. The van der Waals surface area contributed by atoms with Gasteiger partial charge in [0.05, 0.1) is 19.8 Å². The molecule has 0 radical (unpaired) electrons. The molecule has 42 heavy (non-hydrogen) atoms. The van der Waals surface area contributed by atoms with E-state index in [0.29, 0.717) is 0 Å². The van der Waals surface area contributed by atoms with Gasteiger partial charge in [-0.2, -0.15) is 0 Å². The SMILES string of the molecule is O=P(O)(O)O[C@@H]1[C@@H](O[C@@H]2O[C@H](CO)[C@H](O)[C@H](O)[C@H]2O)[C@H](O)O[C@H](CO[C@@H]2O[C@H](CO)[C@H](O)[C@H](O)[C@H]2O)[C@@H]1OP(=O)(O)O. The van der Waals surface area contributed by atoms with Crippen molar-refractivity contribution in [2.75, 3.05) is 19.8 Å². The average Bonchev–Trinajstić information content (AvgIpc) is 2.89. The Bertz CT molecular complexity index is 958. The molecule has 3 aliphatic rings. The standard InChI is InChI=1S/C18H34O22P2/c19-1-4-7(21)9(23)11(25)17(36-4)34-3-6-13(39-41(28,29)30)14(40-42(31,32)33)15(16(27)35-6)38-18-12(26)10(24)8(22)5(2-20)37-18/h4-27H,1-3H2,(H2,28,29,30)(H2,31,32,33)/t4-,5-,6-,7+,8+,9+,10+,11-,12-,13+,14+,15-,16-,17-,18+/m1/s1. The summed E-state index contributed by atoms with van der Waals surface area (Å²) >= 11 is 0. The number of rotatable bonds is 11. The molecule has 0 amide bonds. The highest BCUT2D eigenvalue weighted by Crippen LogP contribution is 2.47. The molecule has 15 atom stereocenters. The summed E-state index contributed by atoms with van der Waals surface area (Å²) in [6.45, 7) is -2.75. The van der Waals surface area contributed by atoms with E-state index in [9.17, 15) is 74.7 Å². The first kappa shape index (κ1) is 36.1. The molecule has 24 heteroatoms. The molecule has 0 aromatic rings. The van der Waals surface area contributed by atoms with Gasteiger partial charge in [-0.15, -0.1) is 0 Å². The predicted octanol–water partition coefficient (Wildman–Crippen LogP) is -7.34. The topological polar surface area (TPSA) is 362 Å². The van der Waals surface area contributed by atoms with Crippen LogP contribution in [0.1, 0.15) is 0 Å². The van der Waals surface area contributed by atoms with Crippen LogP contribution in [0.25, 0.3) is 0 Å². The minimum atomic E-state index is -5.63. The number of phosphoric ester groups is 2. The fourth-order valence-electron chi connectivity index (χ4n) is 4.47. The number of aliphatic hydroxyl groups is 9. The van der Waals surface area contributed by atoms with Crippen molar-refractivity contribution in [3.05, 3.63) is 0 Å². The molecule has 3 fully saturated rings. The van der Waals surface area contributed by atoms with Crippen molar-refractivity contribution in [3.8, 4) is 0 Å². The van der Waals surface area contributed by atoms with Crippen LogP contribution in [0.5, 0.6) is 0 Å². The van der Waals surface area contributed by atoms with Crippen LogP contribution in [0.2, 0.25) is 0 Å². The first-order chi connectivity index (χ1) is 19.4. The van der Waals surface area contributed by atoms with Gasteiger partial charge in [0.15, 0.2) is 18.9 Å². The molecule has 0 aromatic carbocycles. The van der Waals surface area contributed by atoms with Gasteiger partial charge in [-0.3, -0.25) is 9.05 Å². The fourth-order valence-corrected chi connectivity index (χ4v) is 5.60. The molecule has 0 aliphatic carbocycles. The van der Waals surface area contributed by atoms with E-state index >= 15 is 0 Å². The predicted molar refractivity (Wildman–Crippen MR) is 123 cm³/mol. The van der Waals surface area contributed by atoms with Gasteiger partial charge in [0, 0.05) is 0 Å². The first-order valence-electron chi connectivity index (χ1n) is 12.1. The number of ether oxygens (including phenoxy) is 5. The van der Waals surface area contributed by atoms with Gasteiger partial charge in [0.1, 0.15) is 73.2 Å². The Morgan fingerprint density at radius 2 is 1.00 bits per heavy atom. The maximum Gasteiger partial charge on any atom is 0.470 e. The van der Waals surface area contributed by atoms with Crippen LogP contribution in [-0.2, 0) is 41.9 Å². The van der Waals surface area contributed by atoms with Crippen molar-refractivity contribution in [2.45, 2.75) is 92.1 Å². The Labute approximate surface area is 235 Å². The molecule has 22 nitrogen and oxygen atoms in total. The van der Waals surface area contributed by atoms with Gasteiger partial charge >= 0.3 is 15.6 Å². The van der Waals surface area contributed by atoms with E-state index < -0.39 is 128 Å². The van der Waals surface area contributed by atoms with Gasteiger partial charge in [-0.05, 0) is 0 Å². The van der Waals surface area contributed by atoms with E-state index in [-0.39, 0.29) is 0 Å². The van der Waals surface area contributed by atoms with E-state index in [1.807, 2.05) is 0 Å². The Morgan fingerprint density at radius 1 is 0.548 bits per heavy atom. The van der Waals surface area contributed by atoms with Crippen LogP contribution >= 0.6 is 15.6 Å². The normalized spacial score (nSPS) is 45.6. The maximum absolute atomic E-state index is 11.8. The summed E-state index contributed by atoms with van der Waals surface area (Å²) in [4.78, 5) is 37.9. The summed E-state index contributed by atoms with van der Waals surface area (Å²) < 4.78 is 58.8. The van der Waals surface area contributed by atoms with Crippen LogP contribution < -0.4 is 0 Å². The van der Waals surface area contributed by atoms with Gasteiger partial charge < -0.3 is 89.2 Å². The van der Waals surface area contributed by atoms with E-state index in [1.54, 1.807) is 0 Å². The maximum atomic E-state index is 11.8. The zero-order chi connectivity index (χ0) is 31.7. The molecular weight excluding hydrogens is 630 g/mol. The lowest BCUT2D eigenvalue weighted by Gasteiger charge is -2.47. The Hall–Kier alpha value is -0.340. The highest BCUT2D eigenvalue weighted by atomic mass is 31.2. The molecule has 248 valence electrons. The largest absolute Gasteiger partial charge is 0.470 e. The fraction of sp³-hybridized carbons (Fsp3) is 1.00. The van der Waals surface area contributed by atoms with Crippen LogP contribution in [0.15, 0.2) is 0 Å². The third kappa shape index (κ3) is 8.68. The second kappa shape index (κ2) is 14.4. The van der Waals surface area contributed by atoms with E-state index in [0.717, 1.165) is 0 Å². The summed E-state index contributed by atoms with van der Waals surface area (Å²) in [7, 11) is -11.2. The first-order valence-corrected chi connectivity index (χ1v) is 15.1. The zero-order valence-electron chi connectivity index (χ0n) is 21.2. The third-order valence-electron chi connectivity index (χ3n) is 6.54. The van der Waals surface area contributed by atoms with Crippen LogP contribution in [0.4, 0.5) is 0 Å². The summed E-state index contributed by atoms with van der Waals surface area (Å²) in [5, 5.41) is 89.6. The molecule has 13 N–H and O–H groups in total. The zero-order valence-corrected chi connectivity index (χ0v) is 23.0. The second-order valence-corrected chi connectivity index (χ2v) is 11.9. The molecule has 3 saturated heterocycles. The molecule has 0 bridgehead atoms. The van der Waals surface area contributed by atoms with Crippen molar-refractivity contribution >= 4 is 15.6 Å². The molecule has 0 spiro atoms. The molecule has 0 unspecified atom stereocenters. The molecule has 0 aromatic heterocycles. The van der Waals surface area contributed by atoms with E-state index in [2.05, 4.69) is 9.05 Å². The number of aliphatic hydroxyl groups excluding tert-OH is 9. The molecule has 3 aliphatic heterocycles. The van der Waals surface area contributed by atoms with Gasteiger partial charge in [-0.1, -0.05) is 0 Å². The van der Waals surface area contributed by atoms with Crippen molar-refractivity contribution in [1.82, 2.24) is 0 Å². The smallest absolute Gasteiger partial charge is 0.394 e. The lowest BCUT2D eigenvalue weighted by molar-refractivity contribution is -0.364. The average molecular weight is 664 g/mol. The Balaban J connectivity index is 1.89. The molecule has 3 rings (SSSR count). The lowest BCUT2D eigenvalue weighted by Crippen LogP contribution is -2.65. The Morgan fingerprint density at radius 3 is 1.48 bits per heavy atom. The second-order valence-electron chi connectivity index (χ2n) is 9.51. The molecular formula is C18H34O22P2. The van der Waals surface area contributed by atoms with Crippen molar-refractivity contribution in [3.63, 3.8) is 0 Å². The lowest BCUT2D eigenvalue weighted by atomic mass is 9.97. The molecule has 3 heterocycles. The number of hydrogen-bond donors (Lipinski definition) is 13. The summed E-state index contributed by atoms with van der Waals surface area (Å²) in [5.41, 5.74) is 0. The highest BCUT2D eigenvalue weighted by molar-refractivity contribution is 7.46. The van der Waals surface area contributed by atoms with Crippen molar-refractivity contribution in [2.24, 2.45) is 0 Å². The summed E-state index contributed by atoms with van der Waals surface area (Å²) in [6, 6.07) is 0. The van der Waals surface area contributed by atoms with Crippen LogP contribution in [0, 0.1) is 0 Å². The third-order valence-corrected chi connectivity index (χ3v) is 7.58. The van der Waals surface area contributed by atoms with E-state index in [1.165, 1.54) is 0 Å². The number of phosphoric acid groups is 2. The Kier molecular flexibility index (Phi) is 12.4. The highest BCUT2D eigenvalue weighted by Gasteiger charge is 2.55. The van der Waals surface area contributed by atoms with Crippen molar-refractivity contribution in [1.29, 1.82) is 0 Å².